The molecule has 1 atom stereocenters. The fourth-order valence-corrected chi connectivity index (χ4v) is 1.96. The van der Waals surface area contributed by atoms with Crippen molar-refractivity contribution in [3.63, 3.8) is 0 Å². The van der Waals surface area contributed by atoms with E-state index in [-0.39, 0.29) is 0 Å². The number of aliphatic hydroxyl groups is 1. The third-order valence-corrected chi connectivity index (χ3v) is 2.96. The molecule has 1 nitrogen and oxygen atoms in total. The number of halogens is 1. The molecule has 0 saturated heterocycles. The predicted octanol–water partition coefficient (Wildman–Crippen LogP) is 5.65. The van der Waals surface area contributed by atoms with Gasteiger partial charge in [-0.1, -0.05) is 68.8 Å². The Morgan fingerprint density at radius 1 is 1.40 bits per heavy atom. The molecule has 0 saturated carbocycles. The number of aliphatic hydroxyl groups excluding tert-OH is 1. The van der Waals surface area contributed by atoms with Crippen molar-refractivity contribution in [3.05, 3.63) is 70.8 Å². The van der Waals surface area contributed by atoms with Crippen LogP contribution in [0.25, 0.3) is 0 Å². The number of rotatable bonds is 5. The van der Waals surface area contributed by atoms with Crippen LogP contribution in [0.3, 0.4) is 0 Å². The maximum absolute atomic E-state index is 10.2. The van der Waals surface area contributed by atoms with Crippen molar-refractivity contribution >= 4 is 11.6 Å². The summed E-state index contributed by atoms with van der Waals surface area (Å²) >= 11 is 5.98. The van der Waals surface area contributed by atoms with E-state index in [1.807, 2.05) is 57.2 Å². The second kappa shape index (κ2) is 10.5. The quantitative estimate of drug-likeness (QED) is 0.695. The molecule has 1 rings (SSSR count). The van der Waals surface area contributed by atoms with E-state index in [1.54, 1.807) is 6.08 Å². The summed E-state index contributed by atoms with van der Waals surface area (Å²) in [5.74, 6) is 0. The van der Waals surface area contributed by atoms with Crippen LogP contribution in [0.4, 0.5) is 0 Å². The van der Waals surface area contributed by atoms with Crippen molar-refractivity contribution in [3.8, 4) is 0 Å². The van der Waals surface area contributed by atoms with Gasteiger partial charge in [0, 0.05) is 5.02 Å². The van der Waals surface area contributed by atoms with E-state index in [9.17, 15) is 5.11 Å². The predicted molar refractivity (Wildman–Crippen MR) is 90.2 cm³/mol. The van der Waals surface area contributed by atoms with Crippen LogP contribution in [0.5, 0.6) is 0 Å². The lowest BCUT2D eigenvalue weighted by Gasteiger charge is -2.12. The van der Waals surface area contributed by atoms with Crippen molar-refractivity contribution in [1.29, 1.82) is 0 Å². The minimum absolute atomic E-state index is 0.631. The highest BCUT2D eigenvalue weighted by Crippen LogP contribution is 2.24. The summed E-state index contributed by atoms with van der Waals surface area (Å²) in [5.41, 5.74) is 2.98. The number of aryl methyl sites for hydroxylation is 1. The van der Waals surface area contributed by atoms with Crippen LogP contribution in [-0.2, 0) is 6.42 Å². The highest BCUT2D eigenvalue weighted by molar-refractivity contribution is 6.30. The van der Waals surface area contributed by atoms with Crippen molar-refractivity contribution < 1.29 is 5.11 Å². The minimum atomic E-state index is -0.631. The van der Waals surface area contributed by atoms with Crippen LogP contribution in [-0.4, -0.2) is 5.11 Å². The molecule has 0 heterocycles. The summed E-state index contributed by atoms with van der Waals surface area (Å²) in [6, 6.07) is 5.64. The number of allylic oxidation sites excluding steroid dienone is 4. The van der Waals surface area contributed by atoms with Crippen LogP contribution in [0.2, 0.25) is 5.02 Å². The fraction of sp³-hybridized carbons (Fsp3) is 0.333. The van der Waals surface area contributed by atoms with E-state index < -0.39 is 6.10 Å². The average Bonchev–Trinajstić information content (AvgIpc) is 2.47. The molecule has 0 aliphatic heterocycles. The maximum atomic E-state index is 10.2. The van der Waals surface area contributed by atoms with E-state index in [0.29, 0.717) is 5.02 Å². The molecule has 1 N–H and O–H groups in total. The zero-order chi connectivity index (χ0) is 15.5. The molecule has 2 heteroatoms. The molecule has 1 aromatic rings. The molecule has 0 aliphatic carbocycles. The molecule has 110 valence electrons. The lowest BCUT2D eigenvalue weighted by Crippen LogP contribution is -1.99. The largest absolute Gasteiger partial charge is 0.384 e. The van der Waals surface area contributed by atoms with Gasteiger partial charge in [0.2, 0.25) is 0 Å². The van der Waals surface area contributed by atoms with Gasteiger partial charge < -0.3 is 5.11 Å². The molecule has 1 aromatic carbocycles. The van der Waals surface area contributed by atoms with Gasteiger partial charge in [-0.15, -0.1) is 0 Å². The van der Waals surface area contributed by atoms with Crippen LogP contribution in [0, 0.1) is 0 Å². The second-order valence-electron chi connectivity index (χ2n) is 4.15. The zero-order valence-electron chi connectivity index (χ0n) is 12.9. The normalized spacial score (nSPS) is 12.8. The van der Waals surface area contributed by atoms with Gasteiger partial charge in [0.1, 0.15) is 0 Å². The molecular formula is C18H25ClO. The van der Waals surface area contributed by atoms with Crippen LogP contribution in [0.1, 0.15) is 44.9 Å². The highest BCUT2D eigenvalue weighted by atomic mass is 35.5. The first kappa shape index (κ1) is 18.7. The topological polar surface area (TPSA) is 20.2 Å². The van der Waals surface area contributed by atoms with Gasteiger partial charge in [-0.25, -0.2) is 0 Å². The second-order valence-corrected chi connectivity index (χ2v) is 4.58. The first-order valence-electron chi connectivity index (χ1n) is 7.02. The summed E-state index contributed by atoms with van der Waals surface area (Å²) < 4.78 is 0. The van der Waals surface area contributed by atoms with Crippen molar-refractivity contribution in [2.75, 3.05) is 0 Å². The molecule has 0 bridgehead atoms. The molecule has 0 aliphatic rings. The van der Waals surface area contributed by atoms with Gasteiger partial charge in [0.15, 0.2) is 0 Å². The third-order valence-electron chi connectivity index (χ3n) is 2.72. The number of hydrogen-bond acceptors (Lipinski definition) is 1. The summed E-state index contributed by atoms with van der Waals surface area (Å²) in [6.45, 7) is 11.6. The van der Waals surface area contributed by atoms with E-state index >= 15 is 0 Å². The third kappa shape index (κ3) is 6.23. The Hall–Kier alpha value is -1.31. The van der Waals surface area contributed by atoms with Gasteiger partial charge in [0.05, 0.1) is 6.10 Å². The number of benzene rings is 1. The average molecular weight is 293 g/mol. The summed E-state index contributed by atoms with van der Waals surface area (Å²) in [5, 5.41) is 10.9. The van der Waals surface area contributed by atoms with Crippen LogP contribution < -0.4 is 0 Å². The van der Waals surface area contributed by atoms with Gasteiger partial charge in [-0.2, -0.15) is 0 Å². The van der Waals surface area contributed by atoms with Gasteiger partial charge in [-0.05, 0) is 42.7 Å². The van der Waals surface area contributed by atoms with E-state index in [0.717, 1.165) is 23.1 Å². The van der Waals surface area contributed by atoms with Crippen molar-refractivity contribution in [2.24, 2.45) is 0 Å². The molecule has 0 radical (unpaired) electrons. The SMILES string of the molecule is C=C/C=C\C(C)=C\C(O)c1cc(Cl)ccc1CC.CC. The minimum Gasteiger partial charge on any atom is -0.384 e. The van der Waals surface area contributed by atoms with E-state index in [4.69, 9.17) is 11.6 Å². The lowest BCUT2D eigenvalue weighted by atomic mass is 9.99. The Labute approximate surface area is 128 Å². The van der Waals surface area contributed by atoms with E-state index in [1.165, 1.54) is 0 Å². The monoisotopic (exact) mass is 292 g/mol. The van der Waals surface area contributed by atoms with E-state index in [2.05, 4.69) is 13.5 Å². The van der Waals surface area contributed by atoms with Crippen molar-refractivity contribution in [1.82, 2.24) is 0 Å². The molecule has 0 amide bonds. The van der Waals surface area contributed by atoms with Gasteiger partial charge in [0.25, 0.3) is 0 Å². The molecule has 20 heavy (non-hydrogen) atoms. The Balaban J connectivity index is 0.00000172. The summed E-state index contributed by atoms with van der Waals surface area (Å²) in [7, 11) is 0. The summed E-state index contributed by atoms with van der Waals surface area (Å²) in [6.07, 6.45) is 7.52. The lowest BCUT2D eigenvalue weighted by molar-refractivity contribution is 0.227. The molecule has 0 fully saturated rings. The fourth-order valence-electron chi connectivity index (χ4n) is 1.78. The number of hydrogen-bond donors (Lipinski definition) is 1. The summed E-state index contributed by atoms with van der Waals surface area (Å²) in [4.78, 5) is 0. The highest BCUT2D eigenvalue weighted by Gasteiger charge is 2.09. The first-order valence-corrected chi connectivity index (χ1v) is 7.40. The Morgan fingerprint density at radius 3 is 2.60 bits per heavy atom. The molecule has 0 aromatic heterocycles. The zero-order valence-corrected chi connectivity index (χ0v) is 13.6. The maximum Gasteiger partial charge on any atom is 0.0980 e. The van der Waals surface area contributed by atoms with Gasteiger partial charge >= 0.3 is 0 Å². The smallest absolute Gasteiger partial charge is 0.0980 e. The Morgan fingerprint density at radius 2 is 2.05 bits per heavy atom. The standard InChI is InChI=1S/C16H19ClO.C2H6/c1-4-6-7-12(3)10-16(18)15-11-14(17)9-8-13(15)5-2;1-2/h4,6-11,16,18H,1,5H2,2-3H3;1-2H3/b7-6-,12-10+;. The molecular weight excluding hydrogens is 268 g/mol. The Kier molecular flexibility index (Phi) is 9.79. The first-order chi connectivity index (χ1) is 9.58. The van der Waals surface area contributed by atoms with Crippen molar-refractivity contribution in [2.45, 2.75) is 40.2 Å². The van der Waals surface area contributed by atoms with Crippen LogP contribution >= 0.6 is 11.6 Å². The molecule has 0 spiro atoms. The Bertz CT molecular complexity index is 472. The molecule has 1 unspecified atom stereocenters. The van der Waals surface area contributed by atoms with Crippen LogP contribution in [0.15, 0.2) is 54.7 Å². The van der Waals surface area contributed by atoms with Gasteiger partial charge in [-0.3, -0.25) is 0 Å².